The maximum absolute atomic E-state index is 12.4. The van der Waals surface area contributed by atoms with E-state index in [1.807, 2.05) is 0 Å². The Kier molecular flexibility index (Phi) is 4.40. The van der Waals surface area contributed by atoms with E-state index >= 15 is 0 Å². The molecule has 21 heavy (non-hydrogen) atoms. The number of carboxylic acid groups (broad SMARTS) is 1. The summed E-state index contributed by atoms with van der Waals surface area (Å²) in [6.45, 7) is 3.44. The fraction of sp³-hybridized carbons (Fsp3) is 0.154. The molecule has 8 heteroatoms. The van der Waals surface area contributed by atoms with Crippen molar-refractivity contribution in [3.8, 4) is 0 Å². The minimum atomic E-state index is -3.82. The number of benzene rings is 1. The van der Waals surface area contributed by atoms with Crippen LogP contribution in [0.5, 0.6) is 0 Å². The van der Waals surface area contributed by atoms with E-state index in [0.717, 1.165) is 20.7 Å². The predicted molar refractivity (Wildman–Crippen MR) is 85.7 cm³/mol. The number of hydrogen-bond acceptors (Lipinski definition) is 4. The summed E-state index contributed by atoms with van der Waals surface area (Å²) in [6.07, 6.45) is 0. The molecule has 112 valence electrons. The molecular formula is C13H12BrNO4S2. The maximum atomic E-state index is 12.4. The number of rotatable bonds is 4. The van der Waals surface area contributed by atoms with Crippen molar-refractivity contribution >= 4 is 48.9 Å². The lowest BCUT2D eigenvalue weighted by Crippen LogP contribution is -2.15. The second-order valence-electron chi connectivity index (χ2n) is 4.43. The molecule has 0 amide bonds. The van der Waals surface area contributed by atoms with E-state index in [-0.39, 0.29) is 15.5 Å². The van der Waals surface area contributed by atoms with E-state index in [4.69, 9.17) is 5.11 Å². The Bertz CT molecular complexity index is 792. The molecule has 0 aliphatic rings. The van der Waals surface area contributed by atoms with Gasteiger partial charge < -0.3 is 5.11 Å². The molecule has 0 atom stereocenters. The summed E-state index contributed by atoms with van der Waals surface area (Å²) in [5.74, 6) is -1.18. The number of hydrogen-bond donors (Lipinski definition) is 2. The first-order valence-corrected chi connectivity index (χ1v) is 8.93. The number of para-hydroxylation sites is 1. The van der Waals surface area contributed by atoms with E-state index < -0.39 is 16.0 Å². The lowest BCUT2D eigenvalue weighted by atomic mass is 10.1. The van der Waals surface area contributed by atoms with Gasteiger partial charge >= 0.3 is 5.97 Å². The van der Waals surface area contributed by atoms with Crippen molar-refractivity contribution in [2.45, 2.75) is 18.1 Å². The Balaban J connectivity index is 2.49. The fourth-order valence-corrected chi connectivity index (χ4v) is 5.11. The van der Waals surface area contributed by atoms with Gasteiger partial charge in [0.15, 0.2) is 0 Å². The van der Waals surface area contributed by atoms with Gasteiger partial charge in [-0.05, 0) is 53.0 Å². The first kappa shape index (κ1) is 16.0. The standard InChI is InChI=1S/C13H12BrNO4S2/c1-7-4-3-5-9(13(16)17)11(7)15-21(18,19)10-6-8(2)12(14)20-10/h3-6,15H,1-2H3,(H,16,17). The van der Waals surface area contributed by atoms with Crippen LogP contribution in [0.2, 0.25) is 0 Å². The van der Waals surface area contributed by atoms with Crippen LogP contribution in [0, 0.1) is 13.8 Å². The van der Waals surface area contributed by atoms with Crippen molar-refractivity contribution < 1.29 is 18.3 Å². The van der Waals surface area contributed by atoms with Crippen LogP contribution in [0.4, 0.5) is 5.69 Å². The first-order chi connectivity index (χ1) is 9.72. The summed E-state index contributed by atoms with van der Waals surface area (Å²) in [5.41, 5.74) is 1.37. The number of carboxylic acids is 1. The van der Waals surface area contributed by atoms with Crippen LogP contribution in [0.15, 0.2) is 32.3 Å². The number of nitrogens with one attached hydrogen (secondary N) is 1. The molecule has 1 aromatic carbocycles. The second kappa shape index (κ2) is 5.78. The lowest BCUT2D eigenvalue weighted by molar-refractivity contribution is 0.0698. The summed E-state index contributed by atoms with van der Waals surface area (Å²) in [7, 11) is -3.82. The van der Waals surface area contributed by atoms with Crippen molar-refractivity contribution in [3.63, 3.8) is 0 Å². The largest absolute Gasteiger partial charge is 0.478 e. The first-order valence-electron chi connectivity index (χ1n) is 5.84. The average molecular weight is 390 g/mol. The van der Waals surface area contributed by atoms with Gasteiger partial charge in [-0.15, -0.1) is 11.3 Å². The fourth-order valence-electron chi connectivity index (χ4n) is 1.73. The zero-order valence-electron chi connectivity index (χ0n) is 11.2. The van der Waals surface area contributed by atoms with Crippen molar-refractivity contribution in [1.29, 1.82) is 0 Å². The number of aryl methyl sites for hydroxylation is 2. The van der Waals surface area contributed by atoms with Crippen LogP contribution in [0.3, 0.4) is 0 Å². The molecule has 1 aromatic heterocycles. The van der Waals surface area contributed by atoms with Crippen molar-refractivity contribution in [2.75, 3.05) is 4.72 Å². The van der Waals surface area contributed by atoms with Gasteiger partial charge in [0.2, 0.25) is 0 Å². The topological polar surface area (TPSA) is 83.5 Å². The molecule has 1 heterocycles. The van der Waals surface area contributed by atoms with Crippen LogP contribution >= 0.6 is 27.3 Å². The number of thiophene rings is 1. The Morgan fingerprint density at radius 2 is 1.95 bits per heavy atom. The Morgan fingerprint density at radius 1 is 1.29 bits per heavy atom. The van der Waals surface area contributed by atoms with E-state index in [1.165, 1.54) is 12.1 Å². The highest BCUT2D eigenvalue weighted by atomic mass is 79.9. The molecule has 0 aliphatic heterocycles. The molecule has 2 rings (SSSR count). The zero-order chi connectivity index (χ0) is 15.8. The van der Waals surface area contributed by atoms with Gasteiger partial charge in [-0.3, -0.25) is 4.72 Å². The summed E-state index contributed by atoms with van der Waals surface area (Å²) >= 11 is 4.36. The van der Waals surface area contributed by atoms with Crippen LogP contribution < -0.4 is 4.72 Å². The van der Waals surface area contributed by atoms with Crippen LogP contribution in [-0.2, 0) is 10.0 Å². The molecule has 0 fully saturated rings. The Labute approximate surface area is 134 Å². The molecule has 0 radical (unpaired) electrons. The highest BCUT2D eigenvalue weighted by Gasteiger charge is 2.22. The molecule has 0 saturated heterocycles. The van der Waals surface area contributed by atoms with Crippen molar-refractivity contribution in [1.82, 2.24) is 0 Å². The van der Waals surface area contributed by atoms with Gasteiger partial charge in [-0.1, -0.05) is 12.1 Å². The Morgan fingerprint density at radius 3 is 2.48 bits per heavy atom. The van der Waals surface area contributed by atoms with E-state index in [0.29, 0.717) is 5.56 Å². The predicted octanol–water partition coefficient (Wildman–Crippen LogP) is 3.63. The van der Waals surface area contributed by atoms with E-state index in [1.54, 1.807) is 26.0 Å². The van der Waals surface area contributed by atoms with E-state index in [2.05, 4.69) is 20.7 Å². The number of halogens is 1. The summed E-state index contributed by atoms with van der Waals surface area (Å²) in [6, 6.07) is 6.13. The van der Waals surface area contributed by atoms with Gasteiger partial charge in [0, 0.05) is 0 Å². The van der Waals surface area contributed by atoms with Gasteiger partial charge in [0.1, 0.15) is 4.21 Å². The third-order valence-electron chi connectivity index (χ3n) is 2.84. The van der Waals surface area contributed by atoms with E-state index in [9.17, 15) is 13.2 Å². The third-order valence-corrected chi connectivity index (χ3v) is 6.80. The van der Waals surface area contributed by atoms with Crippen molar-refractivity contribution in [3.05, 3.63) is 44.7 Å². The van der Waals surface area contributed by atoms with Gasteiger partial charge in [-0.2, -0.15) is 0 Å². The zero-order valence-corrected chi connectivity index (χ0v) is 14.4. The minimum Gasteiger partial charge on any atom is -0.478 e. The Hall–Kier alpha value is -1.38. The van der Waals surface area contributed by atoms with Crippen LogP contribution in [-0.4, -0.2) is 19.5 Å². The number of carbonyl (C=O) groups is 1. The average Bonchev–Trinajstić information content (AvgIpc) is 2.72. The minimum absolute atomic E-state index is 0.0779. The lowest BCUT2D eigenvalue weighted by Gasteiger charge is -2.12. The van der Waals surface area contributed by atoms with Gasteiger partial charge in [-0.25, -0.2) is 13.2 Å². The molecule has 0 bridgehead atoms. The molecular weight excluding hydrogens is 378 g/mol. The van der Waals surface area contributed by atoms with Gasteiger partial charge in [0.25, 0.3) is 10.0 Å². The smallest absolute Gasteiger partial charge is 0.337 e. The highest BCUT2D eigenvalue weighted by molar-refractivity contribution is 9.11. The third kappa shape index (κ3) is 3.28. The SMILES string of the molecule is Cc1cc(S(=O)(=O)Nc2c(C)cccc2C(=O)O)sc1Br. The second-order valence-corrected chi connectivity index (χ2v) is 8.71. The molecule has 0 unspecified atom stereocenters. The van der Waals surface area contributed by atoms with Gasteiger partial charge in [0.05, 0.1) is 15.0 Å². The molecule has 0 aliphatic carbocycles. The van der Waals surface area contributed by atoms with Crippen LogP contribution in [0.1, 0.15) is 21.5 Å². The number of anilines is 1. The number of aromatic carboxylic acids is 1. The monoisotopic (exact) mass is 389 g/mol. The summed E-state index contributed by atoms with van der Waals surface area (Å²) < 4.78 is 28.0. The van der Waals surface area contributed by atoms with Crippen LogP contribution in [0.25, 0.3) is 0 Å². The molecule has 0 spiro atoms. The highest BCUT2D eigenvalue weighted by Crippen LogP contribution is 2.32. The molecule has 2 N–H and O–H groups in total. The number of sulfonamides is 1. The molecule has 0 saturated carbocycles. The molecule has 5 nitrogen and oxygen atoms in total. The summed E-state index contributed by atoms with van der Waals surface area (Å²) in [4.78, 5) is 11.2. The quantitative estimate of drug-likeness (QED) is 0.835. The maximum Gasteiger partial charge on any atom is 0.337 e. The summed E-state index contributed by atoms with van der Waals surface area (Å²) in [5, 5.41) is 9.17. The normalized spacial score (nSPS) is 11.4. The van der Waals surface area contributed by atoms with Crippen molar-refractivity contribution in [2.24, 2.45) is 0 Å². The molecule has 2 aromatic rings.